The molecule has 31 heavy (non-hydrogen) atoms. The number of H-pyrrole nitrogens is 1. The zero-order chi connectivity index (χ0) is 21.2. The Balaban J connectivity index is 1.36. The van der Waals surface area contributed by atoms with Gasteiger partial charge in [-0.2, -0.15) is 0 Å². The molecule has 0 bridgehead atoms. The van der Waals surface area contributed by atoms with Gasteiger partial charge in [0.2, 0.25) is 0 Å². The molecule has 1 aliphatic carbocycles. The maximum atomic E-state index is 12.9. The van der Waals surface area contributed by atoms with Crippen LogP contribution in [0.1, 0.15) is 42.5 Å². The molecule has 7 nitrogen and oxygen atoms in total. The van der Waals surface area contributed by atoms with Crippen molar-refractivity contribution in [2.24, 2.45) is 0 Å². The number of hydrogen-bond donors (Lipinski definition) is 2. The zero-order valence-electron chi connectivity index (χ0n) is 18.1. The van der Waals surface area contributed by atoms with Gasteiger partial charge in [-0.05, 0) is 50.2 Å². The average Bonchev–Trinajstić information content (AvgIpc) is 3.25. The van der Waals surface area contributed by atoms with Crippen molar-refractivity contribution < 1.29 is 4.79 Å². The molecule has 1 amide bonds. The predicted octanol–water partition coefficient (Wildman–Crippen LogP) is 3.44. The third kappa shape index (κ3) is 4.28. The number of anilines is 1. The number of rotatable bonds is 4. The van der Waals surface area contributed by atoms with Crippen LogP contribution in [0.2, 0.25) is 0 Å². The Hall–Kier alpha value is -2.93. The molecule has 2 aromatic heterocycles. The van der Waals surface area contributed by atoms with Gasteiger partial charge in [-0.25, -0.2) is 9.97 Å². The van der Waals surface area contributed by atoms with Gasteiger partial charge in [0.15, 0.2) is 5.65 Å². The summed E-state index contributed by atoms with van der Waals surface area (Å²) in [4.78, 5) is 30.1. The van der Waals surface area contributed by atoms with E-state index >= 15 is 0 Å². The lowest BCUT2D eigenvalue weighted by atomic mass is 9.95. The van der Waals surface area contributed by atoms with Gasteiger partial charge in [0.05, 0.1) is 11.1 Å². The van der Waals surface area contributed by atoms with E-state index in [-0.39, 0.29) is 11.9 Å². The highest BCUT2D eigenvalue weighted by molar-refractivity contribution is 6.04. The summed E-state index contributed by atoms with van der Waals surface area (Å²) >= 11 is 0. The molecule has 3 aromatic rings. The molecule has 0 atom stereocenters. The maximum Gasteiger partial charge on any atom is 0.253 e. The number of likely N-dealkylation sites (N-methyl/N-ethyl adjacent to an activating group) is 1. The van der Waals surface area contributed by atoms with Gasteiger partial charge in [-0.15, -0.1) is 0 Å². The Bertz CT molecular complexity index is 1050. The minimum absolute atomic E-state index is 0.0417. The highest BCUT2D eigenvalue weighted by Crippen LogP contribution is 2.25. The number of benzene rings is 1. The molecule has 2 N–H and O–H groups in total. The molecule has 2 aliphatic rings. The third-order valence-corrected chi connectivity index (χ3v) is 6.59. The molecule has 0 spiro atoms. The minimum atomic E-state index is -0.0417. The summed E-state index contributed by atoms with van der Waals surface area (Å²) in [5.41, 5.74) is 4.12. The summed E-state index contributed by atoms with van der Waals surface area (Å²) in [5.74, 6) is 0.699. The van der Waals surface area contributed by atoms with Crippen molar-refractivity contribution in [3.63, 3.8) is 0 Å². The number of imidazole rings is 1. The second kappa shape index (κ2) is 8.67. The number of aromatic amines is 1. The van der Waals surface area contributed by atoms with Crippen LogP contribution in [0, 0.1) is 0 Å². The van der Waals surface area contributed by atoms with E-state index in [2.05, 4.69) is 61.4 Å². The van der Waals surface area contributed by atoms with E-state index < -0.39 is 0 Å². The van der Waals surface area contributed by atoms with Gasteiger partial charge >= 0.3 is 0 Å². The third-order valence-electron chi connectivity index (χ3n) is 6.59. The molecule has 1 aromatic carbocycles. The van der Waals surface area contributed by atoms with E-state index in [4.69, 9.17) is 0 Å². The number of pyridine rings is 1. The van der Waals surface area contributed by atoms with Crippen molar-refractivity contribution >= 4 is 22.8 Å². The van der Waals surface area contributed by atoms with Crippen molar-refractivity contribution in [2.45, 2.75) is 38.1 Å². The maximum absolute atomic E-state index is 12.9. The normalized spacial score (nSPS) is 18.4. The molecule has 1 saturated heterocycles. The second-order valence-electron chi connectivity index (χ2n) is 8.79. The van der Waals surface area contributed by atoms with Crippen molar-refractivity contribution in [1.29, 1.82) is 0 Å². The molecule has 3 heterocycles. The highest BCUT2D eigenvalue weighted by Gasteiger charge is 2.20. The summed E-state index contributed by atoms with van der Waals surface area (Å²) in [6, 6.07) is 10.5. The number of piperazine rings is 1. The standard InChI is InChI=1S/C24H30N6O/c1-29-13-15-30(16-14-29)19-9-7-17(8-10-19)22-27-21-20(11-12-25-23(21)28-22)24(31)26-18-5-3-2-4-6-18/h7-12,18H,2-6,13-16H2,1H3,(H,26,31)(H,25,27,28). The summed E-state index contributed by atoms with van der Waals surface area (Å²) in [6.07, 6.45) is 7.44. The minimum Gasteiger partial charge on any atom is -0.369 e. The van der Waals surface area contributed by atoms with E-state index in [0.29, 0.717) is 16.7 Å². The van der Waals surface area contributed by atoms with Crippen LogP contribution in [0.3, 0.4) is 0 Å². The Morgan fingerprint density at radius 1 is 1.03 bits per heavy atom. The molecular weight excluding hydrogens is 388 g/mol. The van der Waals surface area contributed by atoms with Crippen LogP contribution in [-0.2, 0) is 0 Å². The van der Waals surface area contributed by atoms with Crippen LogP contribution in [-0.4, -0.2) is 65.0 Å². The number of carbonyl (C=O) groups excluding carboxylic acids is 1. The van der Waals surface area contributed by atoms with Gasteiger partial charge in [-0.1, -0.05) is 19.3 Å². The van der Waals surface area contributed by atoms with E-state index in [1.165, 1.54) is 24.9 Å². The number of nitrogens with one attached hydrogen (secondary N) is 2. The number of nitrogens with zero attached hydrogens (tertiary/aromatic N) is 4. The number of hydrogen-bond acceptors (Lipinski definition) is 5. The fraction of sp³-hybridized carbons (Fsp3) is 0.458. The lowest BCUT2D eigenvalue weighted by molar-refractivity contribution is 0.0929. The van der Waals surface area contributed by atoms with Gasteiger partial charge < -0.3 is 20.1 Å². The van der Waals surface area contributed by atoms with Crippen molar-refractivity contribution in [2.75, 3.05) is 38.1 Å². The molecule has 0 radical (unpaired) electrons. The first-order valence-electron chi connectivity index (χ1n) is 11.4. The molecule has 2 fully saturated rings. The Kier molecular flexibility index (Phi) is 5.59. The summed E-state index contributed by atoms with van der Waals surface area (Å²) in [7, 11) is 2.17. The lowest BCUT2D eigenvalue weighted by Gasteiger charge is -2.34. The van der Waals surface area contributed by atoms with Gasteiger partial charge in [0.25, 0.3) is 5.91 Å². The van der Waals surface area contributed by atoms with Gasteiger partial charge in [0, 0.05) is 49.7 Å². The van der Waals surface area contributed by atoms with Crippen molar-refractivity contribution in [1.82, 2.24) is 25.2 Å². The van der Waals surface area contributed by atoms with Gasteiger partial charge in [-0.3, -0.25) is 4.79 Å². The zero-order valence-corrected chi connectivity index (χ0v) is 18.1. The van der Waals surface area contributed by atoms with E-state index in [9.17, 15) is 4.79 Å². The molecular formula is C24H30N6O. The molecule has 0 unspecified atom stereocenters. The van der Waals surface area contributed by atoms with E-state index in [1.54, 1.807) is 12.3 Å². The fourth-order valence-corrected chi connectivity index (χ4v) is 4.64. The Morgan fingerprint density at radius 3 is 2.52 bits per heavy atom. The fourth-order valence-electron chi connectivity index (χ4n) is 4.64. The van der Waals surface area contributed by atoms with Crippen molar-refractivity contribution in [3.05, 3.63) is 42.1 Å². The van der Waals surface area contributed by atoms with Crippen LogP contribution in [0.5, 0.6) is 0 Å². The van der Waals surface area contributed by atoms with Crippen LogP contribution in [0.15, 0.2) is 36.5 Å². The smallest absolute Gasteiger partial charge is 0.253 e. The van der Waals surface area contributed by atoms with E-state index in [0.717, 1.165) is 50.4 Å². The second-order valence-corrected chi connectivity index (χ2v) is 8.79. The topological polar surface area (TPSA) is 77.2 Å². The summed E-state index contributed by atoms with van der Waals surface area (Å²) in [6.45, 7) is 4.26. The lowest BCUT2D eigenvalue weighted by Crippen LogP contribution is -2.44. The number of fused-ring (bicyclic) bond motifs is 1. The molecule has 7 heteroatoms. The molecule has 162 valence electrons. The molecule has 1 saturated carbocycles. The van der Waals surface area contributed by atoms with Crippen LogP contribution >= 0.6 is 0 Å². The monoisotopic (exact) mass is 418 g/mol. The predicted molar refractivity (Wildman–Crippen MR) is 123 cm³/mol. The highest BCUT2D eigenvalue weighted by atomic mass is 16.1. The first kappa shape index (κ1) is 20.0. The summed E-state index contributed by atoms with van der Waals surface area (Å²) in [5, 5.41) is 3.20. The quantitative estimate of drug-likeness (QED) is 0.679. The molecule has 1 aliphatic heterocycles. The largest absolute Gasteiger partial charge is 0.369 e. The van der Waals surface area contributed by atoms with E-state index in [1.807, 2.05) is 0 Å². The van der Waals surface area contributed by atoms with Crippen molar-refractivity contribution in [3.8, 4) is 11.4 Å². The van der Waals surface area contributed by atoms with Crippen LogP contribution in [0.25, 0.3) is 22.6 Å². The number of aromatic nitrogens is 3. The van der Waals surface area contributed by atoms with Crippen LogP contribution < -0.4 is 10.2 Å². The SMILES string of the molecule is CN1CCN(c2ccc(-c3nc4nccc(C(=O)NC5CCCCC5)c4[nH]3)cc2)CC1. The Labute approximate surface area is 182 Å². The van der Waals surface area contributed by atoms with Gasteiger partial charge in [0.1, 0.15) is 5.82 Å². The molecule has 5 rings (SSSR count). The number of amides is 1. The average molecular weight is 419 g/mol. The summed E-state index contributed by atoms with van der Waals surface area (Å²) < 4.78 is 0. The number of carbonyl (C=O) groups is 1. The van der Waals surface area contributed by atoms with Crippen LogP contribution in [0.4, 0.5) is 5.69 Å². The Morgan fingerprint density at radius 2 is 1.77 bits per heavy atom. The first-order valence-corrected chi connectivity index (χ1v) is 11.4. The first-order chi connectivity index (χ1) is 15.2.